The van der Waals surface area contributed by atoms with Crippen LogP contribution in [-0.2, 0) is 10.5 Å². The maximum Gasteiger partial charge on any atom is 0.230 e. The fourth-order valence-electron chi connectivity index (χ4n) is 2.44. The zero-order valence-electron chi connectivity index (χ0n) is 14.5. The van der Waals surface area contributed by atoms with Gasteiger partial charge < -0.3 is 10.1 Å². The highest BCUT2D eigenvalue weighted by Gasteiger charge is 2.12. The Labute approximate surface area is 148 Å². The van der Waals surface area contributed by atoms with Gasteiger partial charge in [0.15, 0.2) is 0 Å². The summed E-state index contributed by atoms with van der Waals surface area (Å²) >= 11 is 1.63. The lowest BCUT2D eigenvalue weighted by molar-refractivity contribution is -0.119. The number of hydrogen-bond acceptors (Lipinski definition) is 3. The van der Waals surface area contributed by atoms with Gasteiger partial charge in [-0.05, 0) is 36.6 Å². The fourth-order valence-corrected chi connectivity index (χ4v) is 3.24. The first-order valence-corrected chi connectivity index (χ1v) is 9.34. The molecule has 2 aromatic carbocycles. The second kappa shape index (κ2) is 9.38. The van der Waals surface area contributed by atoms with Gasteiger partial charge in [0, 0.05) is 5.75 Å². The van der Waals surface area contributed by atoms with Crippen molar-refractivity contribution >= 4 is 17.7 Å². The second-order valence-electron chi connectivity index (χ2n) is 5.78. The molecule has 3 nitrogen and oxygen atoms in total. The average Bonchev–Trinajstić information content (AvgIpc) is 2.61. The Hall–Kier alpha value is -1.94. The van der Waals surface area contributed by atoms with Crippen LogP contribution in [-0.4, -0.2) is 18.8 Å². The molecule has 0 aliphatic rings. The van der Waals surface area contributed by atoms with Crippen LogP contribution in [0.2, 0.25) is 0 Å². The van der Waals surface area contributed by atoms with Gasteiger partial charge in [-0.1, -0.05) is 48.9 Å². The number of benzene rings is 2. The van der Waals surface area contributed by atoms with Gasteiger partial charge in [0.05, 0.1) is 18.9 Å². The van der Waals surface area contributed by atoms with E-state index in [0.717, 1.165) is 23.5 Å². The minimum atomic E-state index is 0.0830. The molecule has 0 aliphatic heterocycles. The van der Waals surface area contributed by atoms with Crippen molar-refractivity contribution in [3.8, 4) is 5.75 Å². The zero-order valence-corrected chi connectivity index (χ0v) is 15.4. The van der Waals surface area contributed by atoms with Crippen LogP contribution < -0.4 is 10.1 Å². The standard InChI is InChI=1S/C20H25NO2S/c1-4-19(17-9-5-15(2)6-10-17)21-20(22)14-24-13-16-7-11-18(23-3)12-8-16/h5-12,19H,4,13-14H2,1-3H3,(H,21,22)/t19-/m0/s1. The largest absolute Gasteiger partial charge is 0.497 e. The Morgan fingerprint density at radius 3 is 2.38 bits per heavy atom. The van der Waals surface area contributed by atoms with Gasteiger partial charge in [0.25, 0.3) is 0 Å². The monoisotopic (exact) mass is 343 g/mol. The Bertz CT molecular complexity index is 638. The molecular formula is C20H25NO2S. The molecule has 2 aromatic rings. The van der Waals surface area contributed by atoms with Gasteiger partial charge in [0.1, 0.15) is 5.75 Å². The molecule has 0 aromatic heterocycles. The summed E-state index contributed by atoms with van der Waals surface area (Å²) in [6, 6.07) is 16.4. The lowest BCUT2D eigenvalue weighted by atomic mass is 10.0. The highest BCUT2D eigenvalue weighted by atomic mass is 32.2. The molecule has 0 saturated carbocycles. The van der Waals surface area contributed by atoms with Gasteiger partial charge in [-0.3, -0.25) is 4.79 Å². The van der Waals surface area contributed by atoms with Gasteiger partial charge in [-0.25, -0.2) is 0 Å². The highest BCUT2D eigenvalue weighted by Crippen LogP contribution is 2.19. The zero-order chi connectivity index (χ0) is 17.4. The van der Waals surface area contributed by atoms with E-state index in [9.17, 15) is 4.79 Å². The molecule has 1 N–H and O–H groups in total. The Morgan fingerprint density at radius 2 is 1.79 bits per heavy atom. The third-order valence-electron chi connectivity index (χ3n) is 3.88. The van der Waals surface area contributed by atoms with E-state index in [1.165, 1.54) is 11.1 Å². The molecule has 0 unspecified atom stereocenters. The van der Waals surface area contributed by atoms with Crippen molar-refractivity contribution in [2.45, 2.75) is 32.1 Å². The van der Waals surface area contributed by atoms with E-state index in [1.54, 1.807) is 18.9 Å². The van der Waals surface area contributed by atoms with Gasteiger partial charge in [0.2, 0.25) is 5.91 Å². The van der Waals surface area contributed by atoms with Crippen LogP contribution in [0, 0.1) is 6.92 Å². The summed E-state index contributed by atoms with van der Waals surface area (Å²) in [5, 5.41) is 3.13. The summed E-state index contributed by atoms with van der Waals surface area (Å²) in [4.78, 5) is 12.2. The Balaban J connectivity index is 1.79. The number of aryl methyl sites for hydroxylation is 1. The smallest absolute Gasteiger partial charge is 0.230 e. The predicted octanol–water partition coefficient (Wildman–Crippen LogP) is 4.50. The van der Waals surface area contributed by atoms with Crippen molar-refractivity contribution in [1.82, 2.24) is 5.32 Å². The SMILES string of the molecule is CC[C@H](NC(=O)CSCc1ccc(OC)cc1)c1ccc(C)cc1. The Morgan fingerprint density at radius 1 is 1.12 bits per heavy atom. The van der Waals surface area contributed by atoms with Crippen LogP contribution in [0.5, 0.6) is 5.75 Å². The Kier molecular flexibility index (Phi) is 7.19. The van der Waals surface area contributed by atoms with Crippen molar-refractivity contribution in [1.29, 1.82) is 0 Å². The summed E-state index contributed by atoms with van der Waals surface area (Å²) in [5.74, 6) is 2.22. The summed E-state index contributed by atoms with van der Waals surface area (Å²) in [6.07, 6.45) is 0.887. The van der Waals surface area contributed by atoms with Crippen molar-refractivity contribution in [2.24, 2.45) is 0 Å². The van der Waals surface area contributed by atoms with E-state index in [2.05, 4.69) is 43.4 Å². The quantitative estimate of drug-likeness (QED) is 0.767. The van der Waals surface area contributed by atoms with Crippen molar-refractivity contribution in [3.05, 3.63) is 65.2 Å². The number of methoxy groups -OCH3 is 1. The second-order valence-corrected chi connectivity index (χ2v) is 6.77. The van der Waals surface area contributed by atoms with Crippen LogP contribution >= 0.6 is 11.8 Å². The number of rotatable bonds is 8. The van der Waals surface area contributed by atoms with Gasteiger partial charge in [-0.15, -0.1) is 11.8 Å². The minimum Gasteiger partial charge on any atom is -0.497 e. The van der Waals surface area contributed by atoms with E-state index >= 15 is 0 Å². The summed E-state index contributed by atoms with van der Waals surface area (Å²) in [6.45, 7) is 4.16. The molecule has 128 valence electrons. The number of nitrogens with one attached hydrogen (secondary N) is 1. The fraction of sp³-hybridized carbons (Fsp3) is 0.350. The average molecular weight is 343 g/mol. The molecule has 0 radical (unpaired) electrons. The summed E-state index contributed by atoms with van der Waals surface area (Å²) in [7, 11) is 1.66. The van der Waals surface area contributed by atoms with Crippen molar-refractivity contribution in [2.75, 3.05) is 12.9 Å². The van der Waals surface area contributed by atoms with E-state index in [-0.39, 0.29) is 11.9 Å². The molecule has 0 heterocycles. The van der Waals surface area contributed by atoms with Gasteiger partial charge >= 0.3 is 0 Å². The first-order valence-electron chi connectivity index (χ1n) is 8.19. The van der Waals surface area contributed by atoms with E-state index in [0.29, 0.717) is 5.75 Å². The number of amides is 1. The number of thioether (sulfide) groups is 1. The number of carbonyl (C=O) groups excluding carboxylic acids is 1. The maximum atomic E-state index is 12.2. The van der Waals surface area contributed by atoms with Crippen LogP contribution in [0.3, 0.4) is 0 Å². The lowest BCUT2D eigenvalue weighted by Crippen LogP contribution is -2.29. The number of hydrogen-bond donors (Lipinski definition) is 1. The lowest BCUT2D eigenvalue weighted by Gasteiger charge is -2.17. The summed E-state index contributed by atoms with van der Waals surface area (Å²) < 4.78 is 5.15. The third-order valence-corrected chi connectivity index (χ3v) is 4.89. The van der Waals surface area contributed by atoms with Crippen LogP contribution in [0.25, 0.3) is 0 Å². The number of carbonyl (C=O) groups is 1. The molecule has 24 heavy (non-hydrogen) atoms. The first-order chi connectivity index (χ1) is 11.6. The highest BCUT2D eigenvalue weighted by molar-refractivity contribution is 7.99. The van der Waals surface area contributed by atoms with Gasteiger partial charge in [-0.2, -0.15) is 0 Å². The molecule has 1 amide bonds. The molecule has 0 bridgehead atoms. The normalized spacial score (nSPS) is 11.8. The van der Waals surface area contributed by atoms with Crippen LogP contribution in [0.15, 0.2) is 48.5 Å². The maximum absolute atomic E-state index is 12.2. The number of ether oxygens (including phenoxy) is 1. The molecule has 4 heteroatoms. The minimum absolute atomic E-state index is 0.0830. The molecular weight excluding hydrogens is 318 g/mol. The van der Waals surface area contributed by atoms with E-state index in [1.807, 2.05) is 24.3 Å². The van der Waals surface area contributed by atoms with Crippen LogP contribution in [0.1, 0.15) is 36.1 Å². The molecule has 0 aliphatic carbocycles. The summed E-state index contributed by atoms with van der Waals surface area (Å²) in [5.41, 5.74) is 3.59. The molecule has 0 spiro atoms. The topological polar surface area (TPSA) is 38.3 Å². The van der Waals surface area contributed by atoms with E-state index in [4.69, 9.17) is 4.74 Å². The van der Waals surface area contributed by atoms with E-state index < -0.39 is 0 Å². The van der Waals surface area contributed by atoms with Crippen molar-refractivity contribution < 1.29 is 9.53 Å². The third kappa shape index (κ3) is 5.60. The first kappa shape index (κ1) is 18.4. The van der Waals surface area contributed by atoms with Crippen molar-refractivity contribution in [3.63, 3.8) is 0 Å². The molecule has 2 rings (SSSR count). The molecule has 0 saturated heterocycles. The van der Waals surface area contributed by atoms with Crippen LogP contribution in [0.4, 0.5) is 0 Å². The predicted molar refractivity (Wildman–Crippen MR) is 102 cm³/mol. The molecule has 1 atom stereocenters. The molecule has 0 fully saturated rings.